The van der Waals surface area contributed by atoms with Crippen molar-refractivity contribution in [2.75, 3.05) is 12.3 Å². The fourth-order valence-corrected chi connectivity index (χ4v) is 3.62. The van der Waals surface area contributed by atoms with Crippen LogP contribution in [0, 0.1) is 0 Å². The van der Waals surface area contributed by atoms with Gasteiger partial charge in [0.1, 0.15) is 22.7 Å². The zero-order chi connectivity index (χ0) is 19.3. The van der Waals surface area contributed by atoms with E-state index in [1.165, 1.54) is 0 Å². The second-order valence-corrected chi connectivity index (χ2v) is 6.89. The third-order valence-corrected chi connectivity index (χ3v) is 4.96. The average Bonchev–Trinajstić information content (AvgIpc) is 2.88. The summed E-state index contributed by atoms with van der Waals surface area (Å²) in [6.45, 7) is 0.412. The van der Waals surface area contributed by atoms with Gasteiger partial charge in [-0.25, -0.2) is 14.8 Å². The van der Waals surface area contributed by atoms with Gasteiger partial charge in [0.05, 0.1) is 17.7 Å². The molecule has 7 heteroatoms. The summed E-state index contributed by atoms with van der Waals surface area (Å²) in [5, 5.41) is 0.703. The molecule has 2 N–H and O–H groups in total. The SMILES string of the molecule is Nc1nc(-c2ccccc2)nc2c3c(oc(=O)c12)-c1cc(Cl)ccc1OCC3. The maximum absolute atomic E-state index is 12.7. The van der Waals surface area contributed by atoms with Crippen LogP contribution in [0.3, 0.4) is 0 Å². The number of anilines is 1. The van der Waals surface area contributed by atoms with E-state index in [9.17, 15) is 4.79 Å². The van der Waals surface area contributed by atoms with Gasteiger partial charge in [0.15, 0.2) is 5.82 Å². The van der Waals surface area contributed by atoms with Crippen molar-refractivity contribution in [2.24, 2.45) is 0 Å². The Labute approximate surface area is 164 Å². The number of benzene rings is 2. The molecule has 0 saturated carbocycles. The quantitative estimate of drug-likeness (QED) is 0.525. The first-order chi connectivity index (χ1) is 13.6. The van der Waals surface area contributed by atoms with Gasteiger partial charge in [0.2, 0.25) is 0 Å². The van der Waals surface area contributed by atoms with Gasteiger partial charge in [-0.15, -0.1) is 0 Å². The Balaban J connectivity index is 1.87. The molecule has 0 atom stereocenters. The summed E-state index contributed by atoms with van der Waals surface area (Å²) in [4.78, 5) is 21.7. The highest BCUT2D eigenvalue weighted by atomic mass is 35.5. The fraction of sp³-hybridized carbons (Fsp3) is 0.0952. The lowest BCUT2D eigenvalue weighted by molar-refractivity contribution is 0.327. The van der Waals surface area contributed by atoms with Crippen LogP contribution in [0.15, 0.2) is 57.7 Å². The molecule has 0 amide bonds. The number of fused-ring (bicyclic) bond motifs is 5. The number of halogens is 1. The molecule has 5 rings (SSSR count). The van der Waals surface area contributed by atoms with Crippen molar-refractivity contribution in [1.29, 1.82) is 0 Å². The van der Waals surface area contributed by atoms with Crippen molar-refractivity contribution in [3.63, 3.8) is 0 Å². The summed E-state index contributed by atoms with van der Waals surface area (Å²) in [6, 6.07) is 14.7. The normalized spacial score (nSPS) is 12.8. The van der Waals surface area contributed by atoms with E-state index in [0.717, 1.165) is 11.1 Å². The highest BCUT2D eigenvalue weighted by Crippen LogP contribution is 2.39. The smallest absolute Gasteiger partial charge is 0.349 e. The van der Waals surface area contributed by atoms with Crippen molar-refractivity contribution in [3.8, 4) is 28.5 Å². The molecule has 0 radical (unpaired) electrons. The standard InChI is InChI=1S/C21H14ClN3O3/c22-12-6-7-15-14(10-12)18-13(8-9-27-15)17-16(21(26)28-18)19(23)25-20(24-17)11-4-2-1-3-5-11/h1-7,10H,8-9H2,(H2,23,24,25). The molecule has 2 aromatic heterocycles. The number of hydrogen-bond donors (Lipinski definition) is 1. The van der Waals surface area contributed by atoms with E-state index in [1.807, 2.05) is 30.3 Å². The van der Waals surface area contributed by atoms with Gasteiger partial charge in [-0.05, 0) is 18.2 Å². The molecular formula is C21H14ClN3O3. The van der Waals surface area contributed by atoms with E-state index >= 15 is 0 Å². The summed E-state index contributed by atoms with van der Waals surface area (Å²) < 4.78 is 11.5. The van der Waals surface area contributed by atoms with Crippen LogP contribution in [0.2, 0.25) is 5.02 Å². The summed E-state index contributed by atoms with van der Waals surface area (Å²) in [7, 11) is 0. The Kier molecular flexibility index (Phi) is 3.80. The minimum Gasteiger partial charge on any atom is -0.492 e. The highest BCUT2D eigenvalue weighted by molar-refractivity contribution is 6.31. The van der Waals surface area contributed by atoms with Crippen molar-refractivity contribution >= 4 is 28.3 Å². The monoisotopic (exact) mass is 391 g/mol. The topological polar surface area (TPSA) is 91.2 Å². The summed E-state index contributed by atoms with van der Waals surface area (Å²) in [6.07, 6.45) is 0.507. The molecular weight excluding hydrogens is 378 g/mol. The number of hydrogen-bond acceptors (Lipinski definition) is 6. The molecule has 1 aliphatic rings. The fourth-order valence-electron chi connectivity index (χ4n) is 3.44. The van der Waals surface area contributed by atoms with E-state index in [-0.39, 0.29) is 11.2 Å². The molecule has 2 aromatic carbocycles. The number of aromatic nitrogens is 2. The lowest BCUT2D eigenvalue weighted by Crippen LogP contribution is -2.11. The average molecular weight is 392 g/mol. The van der Waals surface area contributed by atoms with E-state index in [4.69, 9.17) is 26.5 Å². The van der Waals surface area contributed by atoms with E-state index < -0.39 is 5.63 Å². The minimum atomic E-state index is -0.585. The molecule has 0 saturated heterocycles. The number of rotatable bonds is 1. The summed E-state index contributed by atoms with van der Waals surface area (Å²) in [5.41, 5.74) is 8.20. The van der Waals surface area contributed by atoms with Gasteiger partial charge in [0.25, 0.3) is 0 Å². The van der Waals surface area contributed by atoms with Crippen LogP contribution in [-0.4, -0.2) is 16.6 Å². The lowest BCUT2D eigenvalue weighted by Gasteiger charge is -2.11. The van der Waals surface area contributed by atoms with Crippen LogP contribution >= 0.6 is 11.6 Å². The first kappa shape index (κ1) is 16.8. The maximum atomic E-state index is 12.7. The van der Waals surface area contributed by atoms with Crippen LogP contribution in [0.5, 0.6) is 5.75 Å². The lowest BCUT2D eigenvalue weighted by atomic mass is 10.0. The van der Waals surface area contributed by atoms with Crippen molar-refractivity contribution in [2.45, 2.75) is 6.42 Å². The largest absolute Gasteiger partial charge is 0.492 e. The molecule has 0 spiro atoms. The third-order valence-electron chi connectivity index (χ3n) is 4.72. The minimum absolute atomic E-state index is 0.0943. The predicted octanol–water partition coefficient (Wildman–Crippen LogP) is 4.09. The molecule has 4 aromatic rings. The Morgan fingerprint density at radius 3 is 2.71 bits per heavy atom. The van der Waals surface area contributed by atoms with Crippen LogP contribution in [0.4, 0.5) is 5.82 Å². The van der Waals surface area contributed by atoms with Gasteiger partial charge in [0, 0.05) is 22.6 Å². The third kappa shape index (κ3) is 2.61. The first-order valence-corrected chi connectivity index (χ1v) is 9.11. The Morgan fingerprint density at radius 1 is 1.07 bits per heavy atom. The van der Waals surface area contributed by atoms with Crippen molar-refractivity contribution < 1.29 is 9.15 Å². The van der Waals surface area contributed by atoms with Crippen LogP contribution in [0.1, 0.15) is 5.56 Å². The maximum Gasteiger partial charge on any atom is 0.349 e. The van der Waals surface area contributed by atoms with Gasteiger partial charge < -0.3 is 14.9 Å². The van der Waals surface area contributed by atoms with Gasteiger partial charge in [-0.2, -0.15) is 0 Å². The molecule has 0 aliphatic carbocycles. The molecule has 138 valence electrons. The van der Waals surface area contributed by atoms with Crippen LogP contribution < -0.4 is 16.1 Å². The molecule has 3 heterocycles. The molecule has 28 heavy (non-hydrogen) atoms. The molecule has 6 nitrogen and oxygen atoms in total. The first-order valence-electron chi connectivity index (χ1n) is 8.73. The molecule has 0 bridgehead atoms. The molecule has 1 aliphatic heterocycles. The summed E-state index contributed by atoms with van der Waals surface area (Å²) >= 11 is 6.16. The molecule has 0 fully saturated rings. The zero-order valence-electron chi connectivity index (χ0n) is 14.6. The van der Waals surface area contributed by atoms with Gasteiger partial charge in [-0.3, -0.25) is 0 Å². The van der Waals surface area contributed by atoms with E-state index in [2.05, 4.69) is 9.97 Å². The second kappa shape index (κ2) is 6.35. The van der Waals surface area contributed by atoms with E-state index in [0.29, 0.717) is 46.5 Å². The van der Waals surface area contributed by atoms with Crippen molar-refractivity contribution in [1.82, 2.24) is 9.97 Å². The van der Waals surface area contributed by atoms with Crippen LogP contribution in [-0.2, 0) is 6.42 Å². The predicted molar refractivity (Wildman–Crippen MR) is 108 cm³/mol. The number of nitrogen functional groups attached to an aromatic ring is 1. The summed E-state index contributed by atoms with van der Waals surface area (Å²) in [5.74, 6) is 1.56. The van der Waals surface area contributed by atoms with Gasteiger partial charge in [-0.1, -0.05) is 41.9 Å². The van der Waals surface area contributed by atoms with E-state index in [1.54, 1.807) is 18.2 Å². The Morgan fingerprint density at radius 2 is 1.89 bits per heavy atom. The number of nitrogens with zero attached hydrogens (tertiary/aromatic N) is 2. The van der Waals surface area contributed by atoms with Gasteiger partial charge >= 0.3 is 5.63 Å². The zero-order valence-corrected chi connectivity index (χ0v) is 15.4. The second-order valence-electron chi connectivity index (χ2n) is 6.46. The number of ether oxygens (including phenoxy) is 1. The molecule has 0 unspecified atom stereocenters. The highest BCUT2D eigenvalue weighted by Gasteiger charge is 2.25. The van der Waals surface area contributed by atoms with Crippen molar-refractivity contribution in [3.05, 3.63) is 69.5 Å². The van der Waals surface area contributed by atoms with Crippen LogP contribution in [0.25, 0.3) is 33.6 Å². The Hall–Kier alpha value is -3.38. The Bertz CT molecular complexity index is 1290. The number of nitrogens with two attached hydrogens (primary N) is 1.